The van der Waals surface area contributed by atoms with E-state index in [1.165, 1.54) is 6.07 Å². The first-order chi connectivity index (χ1) is 11.1. The molecule has 0 bridgehead atoms. The summed E-state index contributed by atoms with van der Waals surface area (Å²) in [6.45, 7) is 7.19. The van der Waals surface area contributed by atoms with E-state index in [1.807, 2.05) is 19.9 Å². The van der Waals surface area contributed by atoms with Crippen molar-refractivity contribution < 1.29 is 13.2 Å². The Morgan fingerprint density at radius 3 is 2.08 bits per heavy atom. The van der Waals surface area contributed by atoms with Gasteiger partial charge in [-0.3, -0.25) is 10.2 Å². The molecule has 2 aromatic rings. The van der Waals surface area contributed by atoms with Crippen molar-refractivity contribution in [2.45, 2.75) is 32.6 Å². The zero-order valence-electron chi connectivity index (χ0n) is 13.9. The number of rotatable bonds is 4. The van der Waals surface area contributed by atoms with Gasteiger partial charge in [0.15, 0.2) is 0 Å². The Kier molecular flexibility index (Phi) is 5.32. The zero-order valence-corrected chi connectivity index (χ0v) is 15.5. The number of hydrogen-bond acceptors (Lipinski definition) is 3. The number of nitrogens with one attached hydrogen (secondary N) is 2. The lowest BCUT2D eigenvalue weighted by molar-refractivity contribution is 0.0945. The van der Waals surface area contributed by atoms with Gasteiger partial charge in [0.1, 0.15) is 0 Å². The lowest BCUT2D eigenvalue weighted by Gasteiger charge is -2.16. The number of benzene rings is 2. The first kappa shape index (κ1) is 18.4. The molecule has 0 aliphatic heterocycles. The van der Waals surface area contributed by atoms with Gasteiger partial charge in [0.2, 0.25) is 0 Å². The van der Waals surface area contributed by atoms with Gasteiger partial charge in [-0.15, -0.1) is 4.83 Å². The van der Waals surface area contributed by atoms with Crippen LogP contribution in [0.5, 0.6) is 0 Å². The van der Waals surface area contributed by atoms with Gasteiger partial charge in [-0.25, -0.2) is 8.42 Å². The van der Waals surface area contributed by atoms with Gasteiger partial charge < -0.3 is 0 Å². The van der Waals surface area contributed by atoms with Crippen molar-refractivity contribution in [3.8, 4) is 0 Å². The average Bonchev–Trinajstić information content (AvgIpc) is 2.51. The molecule has 0 aliphatic rings. The maximum Gasteiger partial charge on any atom is 0.267 e. The van der Waals surface area contributed by atoms with Crippen molar-refractivity contribution in [3.63, 3.8) is 0 Å². The standard InChI is InChI=1S/C17H19ClN2O3S/c1-10-9-11(2)13(4)16(12(10)3)24(22,23)20-19-17(21)14-7-5-6-8-15(14)18/h5-9,20H,1-4H3,(H,19,21). The smallest absolute Gasteiger partial charge is 0.267 e. The largest absolute Gasteiger partial charge is 0.273 e. The van der Waals surface area contributed by atoms with E-state index in [4.69, 9.17) is 11.6 Å². The molecule has 0 radical (unpaired) electrons. The third-order valence-corrected chi connectivity index (χ3v) is 5.83. The summed E-state index contributed by atoms with van der Waals surface area (Å²) >= 11 is 5.94. The SMILES string of the molecule is Cc1cc(C)c(C)c(S(=O)(=O)NNC(=O)c2ccccc2Cl)c1C. The molecule has 0 atom stereocenters. The van der Waals surface area contributed by atoms with Crippen LogP contribution in [0.3, 0.4) is 0 Å². The summed E-state index contributed by atoms with van der Waals surface area (Å²) in [5.74, 6) is -0.621. The molecule has 128 valence electrons. The van der Waals surface area contributed by atoms with Crippen LogP contribution in [-0.2, 0) is 10.0 Å². The van der Waals surface area contributed by atoms with Crippen LogP contribution < -0.4 is 10.3 Å². The minimum absolute atomic E-state index is 0.180. The Morgan fingerprint density at radius 1 is 1.00 bits per heavy atom. The van der Waals surface area contributed by atoms with Crippen molar-refractivity contribution >= 4 is 27.5 Å². The van der Waals surface area contributed by atoms with E-state index in [1.54, 1.807) is 32.0 Å². The summed E-state index contributed by atoms with van der Waals surface area (Å²) in [5.41, 5.74) is 5.44. The van der Waals surface area contributed by atoms with E-state index in [0.29, 0.717) is 11.1 Å². The highest BCUT2D eigenvalue weighted by atomic mass is 35.5. The zero-order chi connectivity index (χ0) is 18.1. The van der Waals surface area contributed by atoms with Crippen LogP contribution >= 0.6 is 11.6 Å². The monoisotopic (exact) mass is 366 g/mol. The number of hydrogen-bond donors (Lipinski definition) is 2. The fraction of sp³-hybridized carbons (Fsp3) is 0.235. The molecule has 7 heteroatoms. The molecule has 0 fully saturated rings. The number of hydrazine groups is 1. The first-order valence-corrected chi connectivity index (χ1v) is 9.15. The third-order valence-electron chi connectivity index (χ3n) is 3.98. The van der Waals surface area contributed by atoms with Gasteiger partial charge in [0.25, 0.3) is 15.9 Å². The quantitative estimate of drug-likeness (QED) is 0.816. The fourth-order valence-corrected chi connectivity index (χ4v) is 4.14. The van der Waals surface area contributed by atoms with Crippen LogP contribution in [0.2, 0.25) is 5.02 Å². The Bertz CT molecular complexity index is 882. The number of aryl methyl sites for hydroxylation is 2. The van der Waals surface area contributed by atoms with Gasteiger partial charge >= 0.3 is 0 Å². The normalized spacial score (nSPS) is 11.4. The van der Waals surface area contributed by atoms with Gasteiger partial charge in [-0.2, -0.15) is 0 Å². The molecule has 0 saturated heterocycles. The minimum Gasteiger partial charge on any atom is -0.273 e. The number of carbonyl (C=O) groups is 1. The maximum atomic E-state index is 12.6. The van der Waals surface area contributed by atoms with Gasteiger partial charge in [0.05, 0.1) is 15.5 Å². The molecule has 0 unspecified atom stereocenters. The summed E-state index contributed by atoms with van der Waals surface area (Å²) in [4.78, 5) is 14.5. The van der Waals surface area contributed by atoms with E-state index in [9.17, 15) is 13.2 Å². The van der Waals surface area contributed by atoms with E-state index >= 15 is 0 Å². The Hall–Kier alpha value is -1.89. The summed E-state index contributed by atoms with van der Waals surface area (Å²) in [6.07, 6.45) is 0. The molecule has 0 aliphatic carbocycles. The molecule has 0 spiro atoms. The van der Waals surface area contributed by atoms with Crippen LogP contribution in [-0.4, -0.2) is 14.3 Å². The molecule has 0 aromatic heterocycles. The van der Waals surface area contributed by atoms with Crippen LogP contribution in [0.25, 0.3) is 0 Å². The molecular formula is C17H19ClN2O3S. The molecule has 24 heavy (non-hydrogen) atoms. The van der Waals surface area contributed by atoms with Gasteiger partial charge in [-0.05, 0) is 62.1 Å². The van der Waals surface area contributed by atoms with E-state index in [2.05, 4.69) is 10.3 Å². The molecule has 2 N–H and O–H groups in total. The van der Waals surface area contributed by atoms with E-state index in [0.717, 1.165) is 11.1 Å². The van der Waals surface area contributed by atoms with Crippen molar-refractivity contribution in [2.24, 2.45) is 0 Å². The lowest BCUT2D eigenvalue weighted by Crippen LogP contribution is -2.42. The summed E-state index contributed by atoms with van der Waals surface area (Å²) < 4.78 is 25.3. The van der Waals surface area contributed by atoms with Crippen LogP contribution in [0, 0.1) is 27.7 Å². The van der Waals surface area contributed by atoms with Gasteiger partial charge in [0, 0.05) is 0 Å². The molecule has 0 heterocycles. The molecule has 0 saturated carbocycles. The van der Waals surface area contributed by atoms with Crippen LogP contribution in [0.1, 0.15) is 32.6 Å². The molecule has 1 amide bonds. The van der Waals surface area contributed by atoms with E-state index < -0.39 is 15.9 Å². The van der Waals surface area contributed by atoms with Crippen molar-refractivity contribution in [2.75, 3.05) is 0 Å². The fourth-order valence-electron chi connectivity index (χ4n) is 2.46. The molecule has 2 aromatic carbocycles. The second-order valence-electron chi connectivity index (χ2n) is 5.63. The highest BCUT2D eigenvalue weighted by Gasteiger charge is 2.23. The highest BCUT2D eigenvalue weighted by Crippen LogP contribution is 2.25. The summed E-state index contributed by atoms with van der Waals surface area (Å²) in [6, 6.07) is 8.34. The highest BCUT2D eigenvalue weighted by molar-refractivity contribution is 7.89. The molecule has 2 rings (SSSR count). The van der Waals surface area contributed by atoms with Crippen LogP contribution in [0.4, 0.5) is 0 Å². The lowest BCUT2D eigenvalue weighted by atomic mass is 10.0. The third kappa shape index (κ3) is 3.61. The minimum atomic E-state index is -3.91. The van der Waals surface area contributed by atoms with Crippen molar-refractivity contribution in [1.82, 2.24) is 10.3 Å². The predicted octanol–water partition coefficient (Wildman–Crippen LogP) is 3.20. The topological polar surface area (TPSA) is 75.3 Å². The van der Waals surface area contributed by atoms with Crippen molar-refractivity contribution in [1.29, 1.82) is 0 Å². The second-order valence-corrected chi connectivity index (χ2v) is 7.66. The molecular weight excluding hydrogens is 348 g/mol. The first-order valence-electron chi connectivity index (χ1n) is 7.29. The molecule has 5 nitrogen and oxygen atoms in total. The summed E-state index contributed by atoms with van der Waals surface area (Å²) in [7, 11) is -3.91. The second kappa shape index (κ2) is 6.93. The number of sulfonamides is 1. The number of amides is 1. The Balaban J connectivity index is 2.31. The number of halogens is 1. The average molecular weight is 367 g/mol. The predicted molar refractivity (Wildman–Crippen MR) is 94.6 cm³/mol. The Morgan fingerprint density at radius 2 is 1.54 bits per heavy atom. The maximum absolute atomic E-state index is 12.6. The van der Waals surface area contributed by atoms with Crippen LogP contribution in [0.15, 0.2) is 35.2 Å². The summed E-state index contributed by atoms with van der Waals surface area (Å²) in [5, 5.41) is 0.243. The van der Waals surface area contributed by atoms with Gasteiger partial charge in [-0.1, -0.05) is 29.8 Å². The van der Waals surface area contributed by atoms with E-state index in [-0.39, 0.29) is 15.5 Å². The Labute approximate surface area is 147 Å². The van der Waals surface area contributed by atoms with Crippen molar-refractivity contribution in [3.05, 3.63) is 63.2 Å². The number of carbonyl (C=O) groups excluding carboxylic acids is 1.